The molecule has 0 aromatic carbocycles. The molecule has 1 aliphatic carbocycles. The molecule has 0 amide bonds. The van der Waals surface area contributed by atoms with Crippen molar-refractivity contribution in [2.24, 2.45) is 11.8 Å². The summed E-state index contributed by atoms with van der Waals surface area (Å²) in [5.41, 5.74) is 3.43. The van der Waals surface area contributed by atoms with Crippen molar-refractivity contribution in [3.63, 3.8) is 0 Å². The molecule has 0 heteroatoms. The Morgan fingerprint density at radius 3 is 2.58 bits per heavy atom. The van der Waals surface area contributed by atoms with E-state index in [0.717, 1.165) is 11.8 Å². The molecule has 0 nitrogen and oxygen atoms in total. The summed E-state index contributed by atoms with van der Waals surface area (Å²) >= 11 is 0. The molecule has 0 aromatic heterocycles. The van der Waals surface area contributed by atoms with E-state index < -0.39 is 0 Å². The molecule has 0 spiro atoms. The average molecular weight is 166 g/mol. The first kappa shape index (κ1) is 9.83. The van der Waals surface area contributed by atoms with Crippen molar-refractivity contribution in [1.29, 1.82) is 0 Å². The lowest BCUT2D eigenvalue weighted by molar-refractivity contribution is 0.519. The Morgan fingerprint density at radius 1 is 1.58 bits per heavy atom. The second kappa shape index (κ2) is 4.11. The van der Waals surface area contributed by atoms with Gasteiger partial charge in [-0.15, -0.1) is 0 Å². The molecule has 0 heterocycles. The number of rotatable bonds is 4. The maximum atomic E-state index is 2.38. The van der Waals surface area contributed by atoms with Crippen molar-refractivity contribution in [1.82, 2.24) is 0 Å². The first-order chi connectivity index (χ1) is 5.65. The molecular formula is C12H22. The highest BCUT2D eigenvalue weighted by molar-refractivity contribution is 5.27. The number of hydrogen-bond acceptors (Lipinski definition) is 0. The molecule has 1 fully saturated rings. The van der Waals surface area contributed by atoms with Crippen molar-refractivity contribution in [2.75, 3.05) is 0 Å². The Hall–Kier alpha value is -0.260. The van der Waals surface area contributed by atoms with Crippen molar-refractivity contribution in [3.8, 4) is 0 Å². The monoisotopic (exact) mass is 166 g/mol. The fraction of sp³-hybridized carbons (Fsp3) is 0.833. The van der Waals surface area contributed by atoms with Crippen LogP contribution in [0.25, 0.3) is 0 Å². The van der Waals surface area contributed by atoms with E-state index in [2.05, 4.69) is 27.7 Å². The molecule has 1 rings (SSSR count). The lowest BCUT2D eigenvalue weighted by Gasteiger charge is -2.09. The summed E-state index contributed by atoms with van der Waals surface area (Å²) in [4.78, 5) is 0. The molecule has 0 radical (unpaired) electrons. The van der Waals surface area contributed by atoms with Crippen molar-refractivity contribution >= 4 is 0 Å². The van der Waals surface area contributed by atoms with E-state index in [0.29, 0.717) is 0 Å². The van der Waals surface area contributed by atoms with Gasteiger partial charge < -0.3 is 0 Å². The van der Waals surface area contributed by atoms with Gasteiger partial charge in [0.2, 0.25) is 0 Å². The summed E-state index contributed by atoms with van der Waals surface area (Å²) in [6.45, 7) is 9.31. The summed E-state index contributed by atoms with van der Waals surface area (Å²) in [5, 5.41) is 0. The Kier molecular flexibility index (Phi) is 3.37. The zero-order valence-corrected chi connectivity index (χ0v) is 8.98. The van der Waals surface area contributed by atoms with Gasteiger partial charge in [0.1, 0.15) is 0 Å². The van der Waals surface area contributed by atoms with Gasteiger partial charge in [0.15, 0.2) is 0 Å². The number of hydrogen-bond donors (Lipinski definition) is 0. The third-order valence-corrected chi connectivity index (χ3v) is 2.95. The van der Waals surface area contributed by atoms with Gasteiger partial charge in [-0.1, -0.05) is 44.8 Å². The molecule has 0 aliphatic heterocycles. The van der Waals surface area contributed by atoms with Crippen LogP contribution in [0.2, 0.25) is 0 Å². The number of allylic oxidation sites excluding steroid dienone is 2. The predicted molar refractivity (Wildman–Crippen MR) is 55.2 cm³/mol. The summed E-state index contributed by atoms with van der Waals surface area (Å²) in [7, 11) is 0. The fourth-order valence-corrected chi connectivity index (χ4v) is 2.11. The summed E-state index contributed by atoms with van der Waals surface area (Å²) in [6.07, 6.45) is 5.44. The first-order valence-electron chi connectivity index (χ1n) is 5.33. The SMILES string of the molecule is CCCC(C)CC(C)=C1CC1C. The molecule has 0 saturated heterocycles. The standard InChI is InChI=1S/C12H22/c1-5-6-9(2)7-10(3)12-8-11(12)4/h9,11H,5-8H2,1-4H3. The minimum absolute atomic E-state index is 0.898. The third kappa shape index (κ3) is 2.66. The zero-order valence-electron chi connectivity index (χ0n) is 8.98. The van der Waals surface area contributed by atoms with Crippen LogP contribution in [0.5, 0.6) is 0 Å². The van der Waals surface area contributed by atoms with Gasteiger partial charge in [0.25, 0.3) is 0 Å². The fourth-order valence-electron chi connectivity index (χ4n) is 2.11. The van der Waals surface area contributed by atoms with Crippen LogP contribution in [0.3, 0.4) is 0 Å². The van der Waals surface area contributed by atoms with Gasteiger partial charge in [0, 0.05) is 0 Å². The van der Waals surface area contributed by atoms with E-state index in [1.807, 2.05) is 0 Å². The average Bonchev–Trinajstić information content (AvgIpc) is 2.67. The minimum Gasteiger partial charge on any atom is -0.0736 e. The molecule has 0 N–H and O–H groups in total. The molecule has 12 heavy (non-hydrogen) atoms. The van der Waals surface area contributed by atoms with Crippen LogP contribution >= 0.6 is 0 Å². The van der Waals surface area contributed by atoms with Crippen molar-refractivity contribution in [2.45, 2.75) is 53.4 Å². The van der Waals surface area contributed by atoms with Crippen molar-refractivity contribution in [3.05, 3.63) is 11.1 Å². The second-order valence-corrected chi connectivity index (χ2v) is 4.51. The van der Waals surface area contributed by atoms with Crippen LogP contribution < -0.4 is 0 Å². The molecular weight excluding hydrogens is 144 g/mol. The highest BCUT2D eigenvalue weighted by Crippen LogP contribution is 2.41. The van der Waals surface area contributed by atoms with Crippen molar-refractivity contribution < 1.29 is 0 Å². The highest BCUT2D eigenvalue weighted by atomic mass is 14.3. The van der Waals surface area contributed by atoms with Gasteiger partial charge in [-0.05, 0) is 31.6 Å². The first-order valence-corrected chi connectivity index (χ1v) is 5.33. The van der Waals surface area contributed by atoms with E-state index in [9.17, 15) is 0 Å². The molecule has 1 saturated carbocycles. The van der Waals surface area contributed by atoms with Crippen LogP contribution in [-0.4, -0.2) is 0 Å². The van der Waals surface area contributed by atoms with E-state index in [-0.39, 0.29) is 0 Å². The van der Waals surface area contributed by atoms with E-state index in [4.69, 9.17) is 0 Å². The molecule has 0 aromatic rings. The van der Waals surface area contributed by atoms with Gasteiger partial charge in [-0.2, -0.15) is 0 Å². The highest BCUT2D eigenvalue weighted by Gasteiger charge is 2.26. The smallest absolute Gasteiger partial charge is 0.0191 e. The zero-order chi connectivity index (χ0) is 9.14. The maximum Gasteiger partial charge on any atom is -0.0191 e. The Bertz CT molecular complexity index is 176. The molecule has 1 aliphatic rings. The predicted octanol–water partition coefficient (Wildman–Crippen LogP) is 4.17. The van der Waals surface area contributed by atoms with E-state index in [1.165, 1.54) is 25.7 Å². The van der Waals surface area contributed by atoms with Gasteiger partial charge >= 0.3 is 0 Å². The topological polar surface area (TPSA) is 0 Å². The molecule has 0 bridgehead atoms. The molecule has 2 atom stereocenters. The molecule has 70 valence electrons. The maximum absolute atomic E-state index is 2.38. The third-order valence-electron chi connectivity index (χ3n) is 2.95. The largest absolute Gasteiger partial charge is 0.0736 e. The second-order valence-electron chi connectivity index (χ2n) is 4.51. The molecule has 2 unspecified atom stereocenters. The van der Waals surface area contributed by atoms with Gasteiger partial charge in [-0.25, -0.2) is 0 Å². The van der Waals surface area contributed by atoms with E-state index >= 15 is 0 Å². The Labute approximate surface area is 77.1 Å². The van der Waals surface area contributed by atoms with Gasteiger partial charge in [-0.3, -0.25) is 0 Å². The summed E-state index contributed by atoms with van der Waals surface area (Å²) < 4.78 is 0. The summed E-state index contributed by atoms with van der Waals surface area (Å²) in [5.74, 6) is 1.81. The van der Waals surface area contributed by atoms with Crippen LogP contribution in [0.4, 0.5) is 0 Å². The van der Waals surface area contributed by atoms with Crippen LogP contribution in [0.1, 0.15) is 53.4 Å². The summed E-state index contributed by atoms with van der Waals surface area (Å²) in [6, 6.07) is 0. The van der Waals surface area contributed by atoms with Crippen LogP contribution in [-0.2, 0) is 0 Å². The lowest BCUT2D eigenvalue weighted by Crippen LogP contribution is -1.94. The lowest BCUT2D eigenvalue weighted by atomic mass is 9.97. The quantitative estimate of drug-likeness (QED) is 0.550. The van der Waals surface area contributed by atoms with Gasteiger partial charge in [0.05, 0.1) is 0 Å². The Balaban J connectivity index is 2.31. The van der Waals surface area contributed by atoms with Crippen LogP contribution in [0.15, 0.2) is 11.1 Å². The minimum atomic E-state index is 0.898. The Morgan fingerprint density at radius 2 is 2.17 bits per heavy atom. The van der Waals surface area contributed by atoms with Crippen LogP contribution in [0, 0.1) is 11.8 Å². The normalized spacial score (nSPS) is 28.5. The van der Waals surface area contributed by atoms with E-state index in [1.54, 1.807) is 11.1 Å².